The van der Waals surface area contributed by atoms with E-state index in [1.165, 1.54) is 0 Å². The standard InChI is InChI=1S/C25H31N3O4/c1-16(2)24(18-8-9-21-22(13-18)32-11-5-10-31-21)27-23(29)15-28-14-19-7-4-3-6-17(19)12-20(28)25(26)30/h3-4,6-9,13,16,20,24H,5,10-12,14-15H2,1-2H3,(H2,26,30)(H,27,29)/t20-,24-/m0/s1. The number of nitrogens with zero attached hydrogens (tertiary/aromatic N) is 1. The van der Waals surface area contributed by atoms with E-state index in [2.05, 4.69) is 19.2 Å². The molecule has 0 saturated heterocycles. The summed E-state index contributed by atoms with van der Waals surface area (Å²) in [5.74, 6) is 1.06. The van der Waals surface area contributed by atoms with Crippen LogP contribution in [0.3, 0.4) is 0 Å². The lowest BCUT2D eigenvalue weighted by atomic mass is 9.93. The van der Waals surface area contributed by atoms with Gasteiger partial charge in [0.05, 0.1) is 31.8 Å². The summed E-state index contributed by atoms with van der Waals surface area (Å²) in [5.41, 5.74) is 8.87. The molecule has 170 valence electrons. The van der Waals surface area contributed by atoms with E-state index in [9.17, 15) is 9.59 Å². The first-order valence-corrected chi connectivity index (χ1v) is 11.2. The molecular formula is C25H31N3O4. The van der Waals surface area contributed by atoms with Gasteiger partial charge in [-0.3, -0.25) is 14.5 Å². The van der Waals surface area contributed by atoms with Crippen LogP contribution in [-0.2, 0) is 22.6 Å². The molecule has 3 N–H and O–H groups in total. The van der Waals surface area contributed by atoms with Crippen molar-refractivity contribution in [2.75, 3.05) is 19.8 Å². The van der Waals surface area contributed by atoms with Gasteiger partial charge < -0.3 is 20.5 Å². The summed E-state index contributed by atoms with van der Waals surface area (Å²) in [5, 5.41) is 3.16. The van der Waals surface area contributed by atoms with Crippen LogP contribution in [0, 0.1) is 5.92 Å². The predicted octanol–water partition coefficient (Wildman–Crippen LogP) is 2.57. The average Bonchev–Trinajstić information content (AvgIpc) is 3.01. The topological polar surface area (TPSA) is 93.9 Å². The fraction of sp³-hybridized carbons (Fsp3) is 0.440. The third-order valence-electron chi connectivity index (χ3n) is 6.13. The summed E-state index contributed by atoms with van der Waals surface area (Å²) in [7, 11) is 0. The van der Waals surface area contributed by atoms with Crippen molar-refractivity contribution >= 4 is 11.8 Å². The Kier molecular flexibility index (Phi) is 6.65. The fourth-order valence-electron chi connectivity index (χ4n) is 4.44. The van der Waals surface area contributed by atoms with E-state index in [1.54, 1.807) is 0 Å². The molecule has 2 heterocycles. The first-order chi connectivity index (χ1) is 15.4. The molecule has 7 heteroatoms. The molecule has 2 aliphatic heterocycles. The number of rotatable bonds is 6. The maximum Gasteiger partial charge on any atom is 0.235 e. The Labute approximate surface area is 188 Å². The summed E-state index contributed by atoms with van der Waals surface area (Å²) in [4.78, 5) is 27.0. The molecule has 0 bridgehead atoms. The van der Waals surface area contributed by atoms with Gasteiger partial charge in [-0.1, -0.05) is 44.2 Å². The normalized spacial score (nSPS) is 19.0. The van der Waals surface area contributed by atoms with Gasteiger partial charge in [0.25, 0.3) is 0 Å². The van der Waals surface area contributed by atoms with Crippen LogP contribution in [0.25, 0.3) is 0 Å². The van der Waals surface area contributed by atoms with E-state index in [4.69, 9.17) is 15.2 Å². The predicted molar refractivity (Wildman–Crippen MR) is 121 cm³/mol. The maximum atomic E-state index is 13.1. The molecule has 2 aliphatic rings. The molecule has 0 radical (unpaired) electrons. The Morgan fingerprint density at radius 2 is 1.81 bits per heavy atom. The first kappa shape index (κ1) is 22.1. The summed E-state index contributed by atoms with van der Waals surface area (Å²) in [6.45, 7) is 6.01. The number of hydrogen-bond donors (Lipinski definition) is 2. The largest absolute Gasteiger partial charge is 0.490 e. The minimum Gasteiger partial charge on any atom is -0.490 e. The summed E-state index contributed by atoms with van der Waals surface area (Å²) >= 11 is 0. The number of nitrogens with one attached hydrogen (secondary N) is 1. The molecule has 4 rings (SSSR count). The average molecular weight is 438 g/mol. The summed E-state index contributed by atoms with van der Waals surface area (Å²) in [6, 6.07) is 13.1. The van der Waals surface area contributed by atoms with Crippen molar-refractivity contribution in [2.45, 2.75) is 45.3 Å². The molecule has 0 fully saturated rings. The van der Waals surface area contributed by atoms with Gasteiger partial charge in [0.2, 0.25) is 11.8 Å². The molecule has 0 spiro atoms. The van der Waals surface area contributed by atoms with E-state index in [1.807, 2.05) is 47.4 Å². The van der Waals surface area contributed by atoms with Crippen molar-refractivity contribution in [3.05, 3.63) is 59.2 Å². The van der Waals surface area contributed by atoms with Crippen molar-refractivity contribution < 1.29 is 19.1 Å². The zero-order chi connectivity index (χ0) is 22.7. The first-order valence-electron chi connectivity index (χ1n) is 11.2. The highest BCUT2D eigenvalue weighted by molar-refractivity contribution is 5.83. The lowest BCUT2D eigenvalue weighted by Gasteiger charge is -2.35. The number of primary amides is 1. The van der Waals surface area contributed by atoms with E-state index < -0.39 is 11.9 Å². The third-order valence-corrected chi connectivity index (χ3v) is 6.13. The molecule has 32 heavy (non-hydrogen) atoms. The van der Waals surface area contributed by atoms with Crippen LogP contribution in [0.1, 0.15) is 43.0 Å². The van der Waals surface area contributed by atoms with Gasteiger partial charge in [0.15, 0.2) is 11.5 Å². The zero-order valence-corrected chi connectivity index (χ0v) is 18.7. The smallest absolute Gasteiger partial charge is 0.235 e. The Morgan fingerprint density at radius 1 is 1.09 bits per heavy atom. The summed E-state index contributed by atoms with van der Waals surface area (Å²) < 4.78 is 11.5. The Bertz CT molecular complexity index is 991. The number of hydrogen-bond acceptors (Lipinski definition) is 5. The monoisotopic (exact) mass is 437 g/mol. The zero-order valence-electron chi connectivity index (χ0n) is 18.7. The second-order valence-corrected chi connectivity index (χ2v) is 8.84. The Hall–Kier alpha value is -3.06. The Morgan fingerprint density at radius 3 is 2.53 bits per heavy atom. The number of carbonyl (C=O) groups excluding carboxylic acids is 2. The number of benzene rings is 2. The molecule has 2 aromatic rings. The van der Waals surface area contributed by atoms with Gasteiger partial charge in [0.1, 0.15) is 0 Å². The van der Waals surface area contributed by atoms with Crippen LogP contribution >= 0.6 is 0 Å². The van der Waals surface area contributed by atoms with E-state index >= 15 is 0 Å². The highest BCUT2D eigenvalue weighted by Gasteiger charge is 2.32. The van der Waals surface area contributed by atoms with Crippen LogP contribution in [-0.4, -0.2) is 42.5 Å². The lowest BCUT2D eigenvalue weighted by molar-refractivity contribution is -0.128. The van der Waals surface area contributed by atoms with Gasteiger partial charge in [-0.15, -0.1) is 0 Å². The molecule has 2 atom stereocenters. The van der Waals surface area contributed by atoms with Crippen molar-refractivity contribution in [3.8, 4) is 11.5 Å². The van der Waals surface area contributed by atoms with Gasteiger partial charge in [-0.25, -0.2) is 0 Å². The minimum atomic E-state index is -0.494. The van der Waals surface area contributed by atoms with Crippen LogP contribution in [0.15, 0.2) is 42.5 Å². The van der Waals surface area contributed by atoms with E-state index in [0.717, 1.165) is 28.9 Å². The quantitative estimate of drug-likeness (QED) is 0.725. The van der Waals surface area contributed by atoms with Gasteiger partial charge in [0, 0.05) is 13.0 Å². The minimum absolute atomic E-state index is 0.107. The molecule has 2 amide bonds. The second-order valence-electron chi connectivity index (χ2n) is 8.84. The van der Waals surface area contributed by atoms with Crippen molar-refractivity contribution in [1.82, 2.24) is 10.2 Å². The molecule has 2 aromatic carbocycles. The fourth-order valence-corrected chi connectivity index (χ4v) is 4.44. The van der Waals surface area contributed by atoms with Crippen LogP contribution in [0.4, 0.5) is 0 Å². The SMILES string of the molecule is CC(C)[C@H](NC(=O)CN1Cc2ccccc2C[C@H]1C(N)=O)c1ccc2c(c1)OCCCO2. The number of fused-ring (bicyclic) bond motifs is 2. The van der Waals surface area contributed by atoms with Crippen LogP contribution in [0.5, 0.6) is 11.5 Å². The van der Waals surface area contributed by atoms with Crippen molar-refractivity contribution in [2.24, 2.45) is 11.7 Å². The van der Waals surface area contributed by atoms with Gasteiger partial charge >= 0.3 is 0 Å². The molecule has 7 nitrogen and oxygen atoms in total. The number of nitrogens with two attached hydrogens (primary N) is 1. The van der Waals surface area contributed by atoms with E-state index in [0.29, 0.717) is 31.9 Å². The molecule has 0 saturated carbocycles. The van der Waals surface area contributed by atoms with Gasteiger partial charge in [-0.2, -0.15) is 0 Å². The lowest BCUT2D eigenvalue weighted by Crippen LogP contribution is -2.52. The number of carbonyl (C=O) groups is 2. The molecule has 0 aromatic heterocycles. The summed E-state index contributed by atoms with van der Waals surface area (Å²) in [6.07, 6.45) is 1.36. The van der Waals surface area contributed by atoms with Crippen LogP contribution < -0.4 is 20.5 Å². The molecular weight excluding hydrogens is 406 g/mol. The highest BCUT2D eigenvalue weighted by Crippen LogP contribution is 2.34. The van der Waals surface area contributed by atoms with Crippen molar-refractivity contribution in [3.63, 3.8) is 0 Å². The van der Waals surface area contributed by atoms with Crippen molar-refractivity contribution in [1.29, 1.82) is 0 Å². The second kappa shape index (κ2) is 9.61. The van der Waals surface area contributed by atoms with Crippen LogP contribution in [0.2, 0.25) is 0 Å². The third kappa shape index (κ3) is 4.88. The molecule has 0 unspecified atom stereocenters. The maximum absolute atomic E-state index is 13.1. The Balaban J connectivity index is 1.49. The number of amides is 2. The highest BCUT2D eigenvalue weighted by atomic mass is 16.5. The molecule has 0 aliphatic carbocycles. The number of ether oxygens (including phenoxy) is 2. The van der Waals surface area contributed by atoms with Gasteiger partial charge in [-0.05, 0) is 41.2 Å². The van der Waals surface area contributed by atoms with E-state index in [-0.39, 0.29) is 24.4 Å².